The molecule has 0 amide bonds. The number of nitrogens with zero attached hydrogens (tertiary/aromatic N) is 3. The van der Waals surface area contributed by atoms with E-state index < -0.39 is 0 Å². The number of aromatic nitrogens is 3. The number of fused-ring (bicyclic) bond motifs is 13. The highest BCUT2D eigenvalue weighted by Gasteiger charge is 2.22. The fourth-order valence-electron chi connectivity index (χ4n) is 9.80. The first-order chi connectivity index (χ1) is 32.2. The van der Waals surface area contributed by atoms with Gasteiger partial charge in [0.1, 0.15) is 11.2 Å². The molecule has 9 aromatic carbocycles. The zero-order valence-electron chi connectivity index (χ0n) is 34.6. The molecule has 0 atom stereocenters. The molecule has 6 heteroatoms. The average Bonchev–Trinajstić information content (AvgIpc) is 4.07. The number of pyridine rings is 1. The molecule has 0 fully saturated rings. The van der Waals surface area contributed by atoms with E-state index in [1.54, 1.807) is 0 Å². The summed E-state index contributed by atoms with van der Waals surface area (Å²) < 4.78 is 11.9. The van der Waals surface area contributed by atoms with E-state index in [2.05, 4.69) is 194 Å². The summed E-state index contributed by atoms with van der Waals surface area (Å²) >= 11 is 3.65. The summed E-state index contributed by atoms with van der Waals surface area (Å²) in [6, 6.07) is 71.2. The van der Waals surface area contributed by atoms with Crippen LogP contribution in [0.2, 0.25) is 0 Å². The number of thiophene rings is 2. The highest BCUT2D eigenvalue weighted by molar-refractivity contribution is 7.26. The molecule has 14 rings (SSSR count). The Balaban J connectivity index is 0.966. The Morgan fingerprint density at radius 3 is 1.63 bits per heavy atom. The van der Waals surface area contributed by atoms with Crippen molar-refractivity contribution in [2.75, 3.05) is 0 Å². The van der Waals surface area contributed by atoms with E-state index in [1.807, 2.05) is 28.7 Å². The van der Waals surface area contributed by atoms with Gasteiger partial charge in [0, 0.05) is 95.1 Å². The molecule has 0 aliphatic heterocycles. The van der Waals surface area contributed by atoms with E-state index in [0.717, 1.165) is 94.1 Å². The molecular weight excluding hydrogens is 831 g/mol. The summed E-state index contributed by atoms with van der Waals surface area (Å²) in [5.74, 6) is 0.695. The second-order valence-corrected chi connectivity index (χ2v) is 18.8. The van der Waals surface area contributed by atoms with Crippen molar-refractivity contribution in [3.63, 3.8) is 0 Å². The maximum absolute atomic E-state index is 6.85. The zero-order valence-corrected chi connectivity index (χ0v) is 36.3. The Morgan fingerprint density at radius 1 is 0.338 bits per heavy atom. The van der Waals surface area contributed by atoms with E-state index in [0.29, 0.717) is 5.82 Å². The van der Waals surface area contributed by atoms with Crippen molar-refractivity contribution >= 4 is 107 Å². The van der Waals surface area contributed by atoms with Crippen LogP contribution in [0.1, 0.15) is 0 Å². The van der Waals surface area contributed by atoms with Crippen LogP contribution in [0.5, 0.6) is 0 Å². The fraction of sp³-hybridized carbons (Fsp3) is 0. The van der Waals surface area contributed by atoms with Gasteiger partial charge in [-0.15, -0.1) is 22.7 Å². The first-order valence-corrected chi connectivity index (χ1v) is 23.4. The van der Waals surface area contributed by atoms with Crippen molar-refractivity contribution in [2.45, 2.75) is 0 Å². The van der Waals surface area contributed by atoms with Crippen LogP contribution in [0.4, 0.5) is 0 Å². The highest BCUT2D eigenvalue weighted by Crippen LogP contribution is 2.46. The maximum Gasteiger partial charge on any atom is 0.160 e. The normalized spacial score (nSPS) is 12.0. The molecule has 0 aliphatic rings. The van der Waals surface area contributed by atoms with Crippen LogP contribution in [0.25, 0.3) is 140 Å². The number of hydrogen-bond acceptors (Lipinski definition) is 6. The lowest BCUT2D eigenvalue weighted by molar-refractivity contribution is 0.670. The minimum absolute atomic E-state index is 0.695. The van der Waals surface area contributed by atoms with Crippen LogP contribution in [-0.2, 0) is 0 Å². The van der Waals surface area contributed by atoms with Gasteiger partial charge in [0.05, 0.1) is 22.6 Å². The molecule has 5 aromatic heterocycles. The monoisotopic (exact) mass is 863 g/mol. The van der Waals surface area contributed by atoms with Crippen LogP contribution in [-0.4, -0.2) is 15.0 Å². The Morgan fingerprint density at radius 2 is 0.892 bits per heavy atom. The SMILES string of the molecule is c1ccc(-c2nc3ccccc3c3c2cc(-c2ccc(-c4cc(-c5ccc6sc7ccccc7c6c5)nc(-c5ccc6sc7ccccc7c6c5)n4)cc2)c2oc4ccccc4c23)cc1. The fourth-order valence-corrected chi connectivity index (χ4v) is 12.0. The van der Waals surface area contributed by atoms with Gasteiger partial charge in [-0.05, 0) is 72.3 Å². The van der Waals surface area contributed by atoms with Crippen molar-refractivity contribution in [3.05, 3.63) is 200 Å². The van der Waals surface area contributed by atoms with Gasteiger partial charge in [-0.3, -0.25) is 0 Å². The van der Waals surface area contributed by atoms with Gasteiger partial charge in [0.2, 0.25) is 0 Å². The van der Waals surface area contributed by atoms with Crippen molar-refractivity contribution in [3.8, 4) is 56.3 Å². The summed E-state index contributed by atoms with van der Waals surface area (Å²) in [6.07, 6.45) is 0. The number of rotatable bonds is 5. The van der Waals surface area contributed by atoms with Crippen LogP contribution in [0.15, 0.2) is 205 Å². The molecule has 0 radical (unpaired) electrons. The van der Waals surface area contributed by atoms with E-state index in [1.165, 1.54) is 40.3 Å². The van der Waals surface area contributed by atoms with Crippen molar-refractivity contribution < 1.29 is 4.42 Å². The molecule has 0 saturated heterocycles. The minimum atomic E-state index is 0.695. The van der Waals surface area contributed by atoms with Crippen molar-refractivity contribution in [1.29, 1.82) is 0 Å². The summed E-state index contributed by atoms with van der Waals surface area (Å²) in [4.78, 5) is 16.0. The smallest absolute Gasteiger partial charge is 0.160 e. The standard InChI is InChI=1S/C59H33N3OS2/c1-2-12-36(13-3-1)57-46-32-43(58-56(42-17-5-9-19-50(42)63-58)55(46)41-16-4-8-18-47(41)60-57)34-22-24-35(25-23-34)48-33-49(37-26-28-53-44(30-37)39-14-6-10-20-51(39)64-53)62-59(61-48)38-27-29-54-45(31-38)40-15-7-11-21-52(40)65-54/h1-33H. The molecule has 302 valence electrons. The average molecular weight is 864 g/mol. The predicted octanol–water partition coefficient (Wildman–Crippen LogP) is 17.1. The Hall–Kier alpha value is -8.03. The molecule has 0 saturated carbocycles. The predicted molar refractivity (Wildman–Crippen MR) is 275 cm³/mol. The number of hydrogen-bond donors (Lipinski definition) is 0. The minimum Gasteiger partial charge on any atom is -0.455 e. The lowest BCUT2D eigenvalue weighted by atomic mass is 9.91. The first kappa shape index (κ1) is 36.5. The third kappa shape index (κ3) is 5.78. The van der Waals surface area contributed by atoms with Gasteiger partial charge in [-0.25, -0.2) is 15.0 Å². The largest absolute Gasteiger partial charge is 0.455 e. The summed E-state index contributed by atoms with van der Waals surface area (Å²) in [5, 5.41) is 10.5. The molecule has 14 aromatic rings. The van der Waals surface area contributed by atoms with Crippen molar-refractivity contribution in [2.24, 2.45) is 0 Å². The van der Waals surface area contributed by atoms with E-state index in [9.17, 15) is 0 Å². The Labute approximate surface area is 380 Å². The third-order valence-corrected chi connectivity index (χ3v) is 15.2. The third-order valence-electron chi connectivity index (χ3n) is 12.9. The summed E-state index contributed by atoms with van der Waals surface area (Å²) in [5.41, 5.74) is 11.6. The molecular formula is C59H33N3OS2. The lowest BCUT2D eigenvalue weighted by Gasteiger charge is -2.14. The van der Waals surface area contributed by atoms with Crippen LogP contribution < -0.4 is 0 Å². The first-order valence-electron chi connectivity index (χ1n) is 21.7. The molecule has 0 N–H and O–H groups in total. The van der Waals surface area contributed by atoms with Crippen molar-refractivity contribution in [1.82, 2.24) is 15.0 Å². The van der Waals surface area contributed by atoms with Crippen LogP contribution >= 0.6 is 22.7 Å². The molecule has 0 unspecified atom stereocenters. The summed E-state index contributed by atoms with van der Waals surface area (Å²) in [6.45, 7) is 0. The molecule has 0 bridgehead atoms. The second-order valence-electron chi connectivity index (χ2n) is 16.7. The number of furan rings is 1. The van der Waals surface area contributed by atoms with Crippen LogP contribution in [0, 0.1) is 0 Å². The van der Waals surface area contributed by atoms with Gasteiger partial charge < -0.3 is 4.42 Å². The van der Waals surface area contributed by atoms with Gasteiger partial charge in [-0.2, -0.15) is 0 Å². The Bertz CT molecular complexity index is 4110. The highest BCUT2D eigenvalue weighted by atomic mass is 32.1. The Kier molecular flexibility index (Phi) is 7.99. The van der Waals surface area contributed by atoms with E-state index in [-0.39, 0.29) is 0 Å². The topological polar surface area (TPSA) is 51.8 Å². The molecule has 5 heterocycles. The lowest BCUT2D eigenvalue weighted by Crippen LogP contribution is -1.96. The van der Waals surface area contributed by atoms with Gasteiger partial charge in [0.25, 0.3) is 0 Å². The van der Waals surface area contributed by atoms with Gasteiger partial charge in [-0.1, -0.05) is 133 Å². The summed E-state index contributed by atoms with van der Waals surface area (Å²) in [7, 11) is 0. The van der Waals surface area contributed by atoms with Crippen LogP contribution in [0.3, 0.4) is 0 Å². The zero-order chi connectivity index (χ0) is 42.6. The van der Waals surface area contributed by atoms with E-state index >= 15 is 0 Å². The quantitative estimate of drug-likeness (QED) is 0.162. The molecule has 4 nitrogen and oxygen atoms in total. The molecule has 0 aliphatic carbocycles. The number of para-hydroxylation sites is 2. The molecule has 65 heavy (non-hydrogen) atoms. The maximum atomic E-state index is 6.85. The van der Waals surface area contributed by atoms with Gasteiger partial charge in [0.15, 0.2) is 5.82 Å². The second kappa shape index (κ2) is 14.2. The molecule has 0 spiro atoms. The van der Waals surface area contributed by atoms with E-state index in [4.69, 9.17) is 19.4 Å². The van der Waals surface area contributed by atoms with Gasteiger partial charge >= 0.3 is 0 Å². The number of benzene rings is 9.